The molecule has 0 spiro atoms. The van der Waals surface area contributed by atoms with Gasteiger partial charge in [0.1, 0.15) is 12.2 Å². The van der Waals surface area contributed by atoms with E-state index in [1.807, 2.05) is 61.5 Å². The standard InChI is InChI=1S/C27H27N5O4/c1-19-6-5-7-20(16-19)26-22(17-32(28-26)21-8-3-2-4-9-21)27(36)30-14-12-29(13-15-30)25(35)18-31-23(33)10-11-24(31)34/h2-9,16-17H,10-15,18H2,1H3. The summed E-state index contributed by atoms with van der Waals surface area (Å²) in [5.74, 6) is -1.03. The predicted molar refractivity (Wildman–Crippen MR) is 132 cm³/mol. The van der Waals surface area contributed by atoms with Crippen molar-refractivity contribution in [3.63, 3.8) is 0 Å². The van der Waals surface area contributed by atoms with Crippen molar-refractivity contribution in [2.24, 2.45) is 0 Å². The summed E-state index contributed by atoms with van der Waals surface area (Å²) in [5.41, 5.74) is 3.89. The Morgan fingerprint density at radius 1 is 0.861 bits per heavy atom. The van der Waals surface area contributed by atoms with Crippen LogP contribution in [0.15, 0.2) is 60.8 Å². The van der Waals surface area contributed by atoms with Gasteiger partial charge in [-0.05, 0) is 25.1 Å². The molecule has 36 heavy (non-hydrogen) atoms. The number of hydrogen-bond acceptors (Lipinski definition) is 5. The Labute approximate surface area is 208 Å². The van der Waals surface area contributed by atoms with Gasteiger partial charge in [0.05, 0.1) is 11.3 Å². The number of likely N-dealkylation sites (tertiary alicyclic amines) is 1. The third-order valence-electron chi connectivity index (χ3n) is 6.62. The maximum absolute atomic E-state index is 13.6. The monoisotopic (exact) mass is 485 g/mol. The van der Waals surface area contributed by atoms with Gasteiger partial charge in [-0.15, -0.1) is 0 Å². The molecule has 1 aromatic heterocycles. The van der Waals surface area contributed by atoms with Gasteiger partial charge >= 0.3 is 0 Å². The van der Waals surface area contributed by atoms with Crippen molar-refractivity contribution in [3.05, 3.63) is 71.9 Å². The predicted octanol–water partition coefficient (Wildman–Crippen LogP) is 2.28. The Bertz CT molecular complexity index is 1310. The van der Waals surface area contributed by atoms with Crippen LogP contribution in [-0.4, -0.2) is 80.8 Å². The van der Waals surface area contributed by atoms with Crippen LogP contribution >= 0.6 is 0 Å². The van der Waals surface area contributed by atoms with Crippen LogP contribution in [0.5, 0.6) is 0 Å². The summed E-state index contributed by atoms with van der Waals surface area (Å²) in [6, 6.07) is 17.5. The molecule has 184 valence electrons. The average molecular weight is 486 g/mol. The van der Waals surface area contributed by atoms with Crippen LogP contribution in [0.1, 0.15) is 28.8 Å². The lowest BCUT2D eigenvalue weighted by Crippen LogP contribution is -2.53. The van der Waals surface area contributed by atoms with Crippen LogP contribution in [0.25, 0.3) is 16.9 Å². The summed E-state index contributed by atoms with van der Waals surface area (Å²) in [6.07, 6.45) is 2.08. The van der Waals surface area contributed by atoms with Gasteiger partial charge in [0.25, 0.3) is 5.91 Å². The Balaban J connectivity index is 1.33. The van der Waals surface area contributed by atoms with Crippen LogP contribution < -0.4 is 0 Å². The van der Waals surface area contributed by atoms with Crippen molar-refractivity contribution in [1.82, 2.24) is 24.5 Å². The first-order valence-electron chi connectivity index (χ1n) is 12.0. The van der Waals surface area contributed by atoms with Gasteiger partial charge < -0.3 is 9.80 Å². The normalized spacial score (nSPS) is 16.1. The molecule has 2 fully saturated rings. The van der Waals surface area contributed by atoms with Crippen LogP contribution in [-0.2, 0) is 14.4 Å². The van der Waals surface area contributed by atoms with E-state index in [0.29, 0.717) is 37.4 Å². The first kappa shape index (κ1) is 23.5. The Kier molecular flexibility index (Phi) is 6.37. The Morgan fingerprint density at radius 3 is 2.19 bits per heavy atom. The molecular weight excluding hydrogens is 458 g/mol. The van der Waals surface area contributed by atoms with E-state index < -0.39 is 0 Å². The quantitative estimate of drug-likeness (QED) is 0.517. The fourth-order valence-corrected chi connectivity index (χ4v) is 4.61. The molecule has 4 amide bonds. The molecule has 0 N–H and O–H groups in total. The number of carbonyl (C=O) groups excluding carboxylic acids is 4. The average Bonchev–Trinajstić information content (AvgIpc) is 3.48. The number of rotatable bonds is 5. The highest BCUT2D eigenvalue weighted by molar-refractivity contribution is 6.04. The van der Waals surface area contributed by atoms with Gasteiger partial charge in [0, 0.05) is 50.8 Å². The van der Waals surface area contributed by atoms with Crippen molar-refractivity contribution < 1.29 is 19.2 Å². The summed E-state index contributed by atoms with van der Waals surface area (Å²) in [7, 11) is 0. The van der Waals surface area contributed by atoms with E-state index in [9.17, 15) is 19.2 Å². The number of amides is 4. The topological polar surface area (TPSA) is 95.8 Å². The minimum Gasteiger partial charge on any atom is -0.338 e. The van der Waals surface area contributed by atoms with Gasteiger partial charge in [-0.25, -0.2) is 4.68 Å². The molecule has 2 aromatic carbocycles. The van der Waals surface area contributed by atoms with E-state index in [0.717, 1.165) is 21.7 Å². The highest BCUT2D eigenvalue weighted by atomic mass is 16.2. The largest absolute Gasteiger partial charge is 0.338 e. The van der Waals surface area contributed by atoms with E-state index in [-0.39, 0.29) is 43.0 Å². The summed E-state index contributed by atoms with van der Waals surface area (Å²) in [4.78, 5) is 54.4. The summed E-state index contributed by atoms with van der Waals surface area (Å²) in [5, 5.41) is 4.76. The minimum absolute atomic E-state index is 0.148. The SMILES string of the molecule is Cc1cccc(-c2nn(-c3ccccc3)cc2C(=O)N2CCN(C(=O)CN3C(=O)CCC3=O)CC2)c1. The minimum atomic E-state index is -0.304. The molecule has 0 bridgehead atoms. The lowest BCUT2D eigenvalue weighted by atomic mass is 10.0. The number of imide groups is 1. The second-order valence-electron chi connectivity index (χ2n) is 9.09. The number of aryl methyl sites for hydroxylation is 1. The highest BCUT2D eigenvalue weighted by Gasteiger charge is 2.33. The molecule has 9 nitrogen and oxygen atoms in total. The van der Waals surface area contributed by atoms with E-state index in [2.05, 4.69) is 0 Å². The maximum Gasteiger partial charge on any atom is 0.257 e. The molecule has 0 saturated carbocycles. The molecule has 2 saturated heterocycles. The van der Waals surface area contributed by atoms with E-state index in [1.165, 1.54) is 0 Å². The van der Waals surface area contributed by atoms with Crippen LogP contribution in [0.3, 0.4) is 0 Å². The number of benzene rings is 2. The number of piperazine rings is 1. The molecule has 5 rings (SSSR count). The lowest BCUT2D eigenvalue weighted by molar-refractivity contribution is -0.146. The lowest BCUT2D eigenvalue weighted by Gasteiger charge is -2.35. The molecule has 0 atom stereocenters. The van der Waals surface area contributed by atoms with Gasteiger partial charge in [0.15, 0.2) is 0 Å². The van der Waals surface area contributed by atoms with Crippen molar-refractivity contribution in [1.29, 1.82) is 0 Å². The second kappa shape index (κ2) is 9.77. The van der Waals surface area contributed by atoms with Gasteiger partial charge in [-0.2, -0.15) is 5.10 Å². The van der Waals surface area contributed by atoms with Crippen molar-refractivity contribution in [3.8, 4) is 16.9 Å². The van der Waals surface area contributed by atoms with Crippen LogP contribution in [0.4, 0.5) is 0 Å². The smallest absolute Gasteiger partial charge is 0.257 e. The number of aromatic nitrogens is 2. The molecule has 0 radical (unpaired) electrons. The summed E-state index contributed by atoms with van der Waals surface area (Å²) < 4.78 is 1.72. The molecule has 3 heterocycles. The van der Waals surface area contributed by atoms with Crippen molar-refractivity contribution in [2.75, 3.05) is 32.7 Å². The molecule has 0 unspecified atom stereocenters. The molecule has 9 heteroatoms. The summed E-state index contributed by atoms with van der Waals surface area (Å²) in [6.45, 7) is 3.17. The highest BCUT2D eigenvalue weighted by Crippen LogP contribution is 2.26. The van der Waals surface area contributed by atoms with Gasteiger partial charge in [-0.3, -0.25) is 24.1 Å². The molecule has 2 aliphatic heterocycles. The van der Waals surface area contributed by atoms with E-state index in [1.54, 1.807) is 20.7 Å². The zero-order chi connectivity index (χ0) is 25.2. The number of carbonyl (C=O) groups is 4. The fraction of sp³-hybridized carbons (Fsp3) is 0.296. The molecular formula is C27H27N5O4. The number of para-hydroxylation sites is 1. The molecule has 2 aliphatic rings. The van der Waals surface area contributed by atoms with Gasteiger partial charge in [-0.1, -0.05) is 42.0 Å². The summed E-state index contributed by atoms with van der Waals surface area (Å²) >= 11 is 0. The van der Waals surface area contributed by atoms with Gasteiger partial charge in [0.2, 0.25) is 17.7 Å². The van der Waals surface area contributed by atoms with Crippen molar-refractivity contribution >= 4 is 23.6 Å². The first-order valence-corrected chi connectivity index (χ1v) is 12.0. The third-order valence-corrected chi connectivity index (χ3v) is 6.62. The number of nitrogens with zero attached hydrogens (tertiary/aromatic N) is 5. The number of hydrogen-bond donors (Lipinski definition) is 0. The Hall–Kier alpha value is -4.27. The second-order valence-corrected chi connectivity index (χ2v) is 9.09. The fourth-order valence-electron chi connectivity index (χ4n) is 4.61. The van der Waals surface area contributed by atoms with Crippen LogP contribution in [0, 0.1) is 6.92 Å². The molecule has 3 aromatic rings. The molecule has 0 aliphatic carbocycles. The zero-order valence-electron chi connectivity index (χ0n) is 20.1. The van der Waals surface area contributed by atoms with Crippen LogP contribution in [0.2, 0.25) is 0 Å². The maximum atomic E-state index is 13.6. The zero-order valence-corrected chi connectivity index (χ0v) is 20.1. The van der Waals surface area contributed by atoms with Crippen molar-refractivity contribution in [2.45, 2.75) is 19.8 Å². The van der Waals surface area contributed by atoms with E-state index in [4.69, 9.17) is 5.10 Å². The first-order chi connectivity index (χ1) is 17.4. The third kappa shape index (κ3) is 4.64. The Morgan fingerprint density at radius 2 is 1.53 bits per heavy atom. The van der Waals surface area contributed by atoms with E-state index >= 15 is 0 Å².